The van der Waals surface area contributed by atoms with Crippen molar-refractivity contribution in [1.29, 1.82) is 0 Å². The standard InChI is InChI=1S/C24H36FNO2.C2H6/c1-5-8-10-21(11-9-6-2)22-14-12-20(13-15-22)18-23(26-16-7-3)17-19(4)24(27)28-25;1-2/h5,9,11-15,19,21,23,26H,1,6-8,10,16-18H2,2-4H3;1-2H3/b11-9-;/t19-,21?,23?;/m1./s1. The average molecular weight is 420 g/mol. The van der Waals surface area contributed by atoms with E-state index in [0.717, 1.165) is 38.6 Å². The molecule has 4 heteroatoms. The highest BCUT2D eigenvalue weighted by molar-refractivity contribution is 5.71. The van der Waals surface area contributed by atoms with Gasteiger partial charge in [-0.2, -0.15) is 0 Å². The van der Waals surface area contributed by atoms with Crippen LogP contribution in [-0.2, 0) is 16.2 Å². The number of nitrogens with one attached hydrogen (secondary N) is 1. The Kier molecular flexibility index (Phi) is 16.7. The lowest BCUT2D eigenvalue weighted by Crippen LogP contribution is -2.35. The van der Waals surface area contributed by atoms with Crippen LogP contribution in [0.5, 0.6) is 0 Å². The van der Waals surface area contributed by atoms with Gasteiger partial charge in [0.05, 0.1) is 5.92 Å². The van der Waals surface area contributed by atoms with E-state index in [9.17, 15) is 9.32 Å². The summed E-state index contributed by atoms with van der Waals surface area (Å²) < 4.78 is 12.2. The van der Waals surface area contributed by atoms with Gasteiger partial charge >= 0.3 is 5.97 Å². The normalized spacial score (nSPS) is 13.8. The van der Waals surface area contributed by atoms with Crippen LogP contribution in [0.3, 0.4) is 0 Å². The zero-order valence-electron chi connectivity index (χ0n) is 19.6. The van der Waals surface area contributed by atoms with Crippen molar-refractivity contribution in [3.8, 4) is 0 Å². The third kappa shape index (κ3) is 11.3. The molecule has 3 nitrogen and oxygen atoms in total. The van der Waals surface area contributed by atoms with Crippen molar-refractivity contribution in [2.45, 2.75) is 85.1 Å². The van der Waals surface area contributed by atoms with Gasteiger partial charge in [-0.3, -0.25) is 4.94 Å². The van der Waals surface area contributed by atoms with Crippen molar-refractivity contribution >= 4 is 5.97 Å². The molecule has 0 heterocycles. The Bertz CT molecular complexity index is 598. The molecule has 0 aliphatic rings. The molecule has 2 unspecified atom stereocenters. The lowest BCUT2D eigenvalue weighted by atomic mass is 9.91. The largest absolute Gasteiger partial charge is 0.351 e. The van der Waals surface area contributed by atoms with Crippen LogP contribution in [-0.4, -0.2) is 18.6 Å². The molecule has 30 heavy (non-hydrogen) atoms. The van der Waals surface area contributed by atoms with E-state index in [1.807, 2.05) is 19.9 Å². The second kappa shape index (κ2) is 17.9. The molecule has 0 aliphatic heterocycles. The maximum atomic E-state index is 12.2. The van der Waals surface area contributed by atoms with Crippen molar-refractivity contribution in [2.24, 2.45) is 5.92 Å². The predicted molar refractivity (Wildman–Crippen MR) is 126 cm³/mol. The van der Waals surface area contributed by atoms with Gasteiger partial charge in [0.15, 0.2) is 0 Å². The zero-order valence-corrected chi connectivity index (χ0v) is 19.6. The highest BCUT2D eigenvalue weighted by Crippen LogP contribution is 2.24. The molecular weight excluding hydrogens is 377 g/mol. The average Bonchev–Trinajstić information content (AvgIpc) is 2.79. The number of carbonyl (C=O) groups excluding carboxylic acids is 1. The fourth-order valence-electron chi connectivity index (χ4n) is 3.34. The van der Waals surface area contributed by atoms with Crippen LogP contribution in [0.2, 0.25) is 0 Å². The van der Waals surface area contributed by atoms with Crippen molar-refractivity contribution in [3.05, 3.63) is 60.2 Å². The quantitative estimate of drug-likeness (QED) is 0.327. The number of allylic oxidation sites excluding steroid dienone is 3. The summed E-state index contributed by atoms with van der Waals surface area (Å²) in [4.78, 5) is 14.8. The minimum atomic E-state index is -0.800. The summed E-state index contributed by atoms with van der Waals surface area (Å²) >= 11 is 0. The first-order valence-corrected chi connectivity index (χ1v) is 11.5. The minimum absolute atomic E-state index is 0.108. The molecule has 0 spiro atoms. The Morgan fingerprint density at radius 2 is 1.90 bits per heavy atom. The van der Waals surface area contributed by atoms with Gasteiger partial charge < -0.3 is 5.32 Å². The summed E-state index contributed by atoms with van der Waals surface area (Å²) in [5.74, 6) is -0.868. The Balaban J connectivity index is 0.00000407. The molecule has 170 valence electrons. The Morgan fingerprint density at radius 1 is 1.23 bits per heavy atom. The number of rotatable bonds is 14. The number of benzene rings is 1. The molecule has 0 saturated carbocycles. The summed E-state index contributed by atoms with van der Waals surface area (Å²) in [5.41, 5.74) is 2.52. The van der Waals surface area contributed by atoms with E-state index in [0.29, 0.717) is 12.3 Å². The van der Waals surface area contributed by atoms with Crippen LogP contribution in [0.15, 0.2) is 49.1 Å². The van der Waals surface area contributed by atoms with Crippen LogP contribution in [0.25, 0.3) is 0 Å². The van der Waals surface area contributed by atoms with Crippen molar-refractivity contribution in [2.75, 3.05) is 6.54 Å². The lowest BCUT2D eigenvalue weighted by molar-refractivity contribution is -0.188. The molecule has 1 rings (SSSR count). The van der Waals surface area contributed by atoms with Gasteiger partial charge in [-0.1, -0.05) is 77.1 Å². The molecular formula is C26H42FNO2. The van der Waals surface area contributed by atoms with E-state index >= 15 is 0 Å². The van der Waals surface area contributed by atoms with Crippen molar-refractivity contribution in [1.82, 2.24) is 5.32 Å². The third-order valence-corrected chi connectivity index (χ3v) is 4.98. The maximum absolute atomic E-state index is 12.2. The SMILES string of the molecule is C=CCCC(/C=C\CC)c1ccc(CC(C[C@@H](C)C(=O)OF)NCCC)cc1.CC. The molecule has 0 amide bonds. The van der Waals surface area contributed by atoms with Crippen LogP contribution < -0.4 is 5.32 Å². The first kappa shape index (κ1) is 28.1. The van der Waals surface area contributed by atoms with Gasteiger partial charge in [-0.15, -0.1) is 6.58 Å². The molecule has 0 aromatic heterocycles. The molecule has 1 N–H and O–H groups in total. The van der Waals surface area contributed by atoms with Crippen molar-refractivity contribution < 1.29 is 14.3 Å². The molecule has 0 saturated heterocycles. The van der Waals surface area contributed by atoms with Gasteiger partial charge in [0.1, 0.15) is 0 Å². The summed E-state index contributed by atoms with van der Waals surface area (Å²) in [6.45, 7) is 14.7. The topological polar surface area (TPSA) is 38.3 Å². The highest BCUT2D eigenvalue weighted by atomic mass is 19.3. The summed E-state index contributed by atoms with van der Waals surface area (Å²) in [7, 11) is 0. The van der Waals surface area contributed by atoms with Crippen LogP contribution >= 0.6 is 0 Å². The van der Waals surface area contributed by atoms with Crippen LogP contribution in [0, 0.1) is 5.92 Å². The molecule has 0 radical (unpaired) electrons. The van der Waals surface area contributed by atoms with E-state index < -0.39 is 11.9 Å². The van der Waals surface area contributed by atoms with Crippen LogP contribution in [0.4, 0.5) is 4.53 Å². The van der Waals surface area contributed by atoms with Crippen LogP contribution in [0.1, 0.15) is 83.8 Å². The highest BCUT2D eigenvalue weighted by Gasteiger charge is 2.21. The minimum Gasteiger partial charge on any atom is -0.314 e. The number of hydrogen-bond acceptors (Lipinski definition) is 3. The van der Waals surface area contributed by atoms with E-state index in [2.05, 4.69) is 67.1 Å². The van der Waals surface area contributed by atoms with Gasteiger partial charge in [0, 0.05) is 16.5 Å². The fourth-order valence-corrected chi connectivity index (χ4v) is 3.34. The van der Waals surface area contributed by atoms with Gasteiger partial charge in [-0.25, -0.2) is 4.79 Å². The van der Waals surface area contributed by atoms with E-state index in [1.54, 1.807) is 6.92 Å². The van der Waals surface area contributed by atoms with E-state index in [-0.39, 0.29) is 6.04 Å². The van der Waals surface area contributed by atoms with E-state index in [4.69, 9.17) is 0 Å². The molecule has 0 aliphatic carbocycles. The Morgan fingerprint density at radius 3 is 2.43 bits per heavy atom. The monoisotopic (exact) mass is 419 g/mol. The fraction of sp³-hybridized carbons (Fsp3) is 0.577. The second-order valence-corrected chi connectivity index (χ2v) is 7.44. The maximum Gasteiger partial charge on any atom is 0.351 e. The lowest BCUT2D eigenvalue weighted by Gasteiger charge is -2.21. The first-order chi connectivity index (χ1) is 14.5. The Labute approximate surface area is 183 Å². The summed E-state index contributed by atoms with van der Waals surface area (Å²) in [6.07, 6.45) is 11.9. The summed E-state index contributed by atoms with van der Waals surface area (Å²) in [5, 5.41) is 3.47. The predicted octanol–water partition coefficient (Wildman–Crippen LogP) is 7.09. The van der Waals surface area contributed by atoms with Gasteiger partial charge in [0.2, 0.25) is 0 Å². The molecule has 1 aromatic carbocycles. The molecule has 0 fully saturated rings. The number of halogens is 1. The summed E-state index contributed by atoms with van der Waals surface area (Å²) in [6, 6.07) is 8.82. The van der Waals surface area contributed by atoms with Crippen molar-refractivity contribution in [3.63, 3.8) is 0 Å². The zero-order chi connectivity index (χ0) is 22.8. The first-order valence-electron chi connectivity index (χ1n) is 11.5. The van der Waals surface area contributed by atoms with Gasteiger partial charge in [-0.05, 0) is 56.2 Å². The van der Waals surface area contributed by atoms with Gasteiger partial charge in [0.25, 0.3) is 0 Å². The molecule has 0 bridgehead atoms. The third-order valence-electron chi connectivity index (χ3n) is 4.98. The second-order valence-electron chi connectivity index (χ2n) is 7.44. The van der Waals surface area contributed by atoms with E-state index in [1.165, 1.54) is 11.1 Å². The molecule has 3 atom stereocenters. The molecule has 1 aromatic rings. The number of carbonyl (C=O) groups is 1. The smallest absolute Gasteiger partial charge is 0.314 e. The number of hydrogen-bond donors (Lipinski definition) is 1. The Hall–Kier alpha value is -1.94.